The first-order valence-corrected chi connectivity index (χ1v) is 6.53. The van der Waals surface area contributed by atoms with Crippen LogP contribution < -0.4 is 0 Å². The van der Waals surface area contributed by atoms with E-state index in [0.717, 1.165) is 24.0 Å². The number of carbonyl (C=O) groups excluding carboxylic acids is 1. The predicted octanol–water partition coefficient (Wildman–Crippen LogP) is 4.13. The van der Waals surface area contributed by atoms with Gasteiger partial charge in [-0.3, -0.25) is 0 Å². The lowest BCUT2D eigenvalue weighted by Crippen LogP contribution is -1.97. The maximum atomic E-state index is 11.4. The van der Waals surface area contributed by atoms with Gasteiger partial charge in [0.05, 0.1) is 7.11 Å². The summed E-state index contributed by atoms with van der Waals surface area (Å²) >= 11 is 0. The minimum Gasteiger partial charge on any atom is -0.466 e. The monoisotopic (exact) mass is 246 g/mol. The van der Waals surface area contributed by atoms with Crippen molar-refractivity contribution in [2.75, 3.05) is 7.11 Å². The highest BCUT2D eigenvalue weighted by Crippen LogP contribution is 2.21. The van der Waals surface area contributed by atoms with E-state index in [4.69, 9.17) is 4.74 Å². The van der Waals surface area contributed by atoms with Crippen molar-refractivity contribution in [1.29, 1.82) is 0 Å². The van der Waals surface area contributed by atoms with Gasteiger partial charge in [0.2, 0.25) is 0 Å². The van der Waals surface area contributed by atoms with Crippen molar-refractivity contribution >= 4 is 11.5 Å². The first-order chi connectivity index (χ1) is 8.67. The Bertz CT molecular complexity index is 402. The molecule has 0 aliphatic carbocycles. The van der Waals surface area contributed by atoms with Crippen LogP contribution in [0.4, 0.5) is 0 Å². The zero-order valence-electron chi connectivity index (χ0n) is 11.5. The van der Waals surface area contributed by atoms with Crippen LogP contribution in [0.1, 0.15) is 43.7 Å². The number of carbonyl (C=O) groups is 1. The second kappa shape index (κ2) is 7.70. The fraction of sp³-hybridized carbons (Fsp3) is 0.438. The van der Waals surface area contributed by atoms with Crippen molar-refractivity contribution in [2.45, 2.75) is 39.5 Å². The van der Waals surface area contributed by atoms with Crippen molar-refractivity contribution < 1.29 is 9.53 Å². The third-order valence-electron chi connectivity index (χ3n) is 2.97. The number of aryl methyl sites for hydroxylation is 1. The van der Waals surface area contributed by atoms with Gasteiger partial charge in [-0.25, -0.2) is 4.79 Å². The van der Waals surface area contributed by atoms with Gasteiger partial charge in [-0.1, -0.05) is 49.6 Å². The molecule has 1 aromatic rings. The fourth-order valence-electron chi connectivity index (χ4n) is 1.83. The van der Waals surface area contributed by atoms with E-state index in [-0.39, 0.29) is 5.97 Å². The molecule has 0 saturated heterocycles. The van der Waals surface area contributed by atoms with Crippen LogP contribution in [0.25, 0.3) is 5.57 Å². The number of unbranched alkanes of at least 4 members (excludes halogenated alkanes) is 2. The molecular weight excluding hydrogens is 224 g/mol. The van der Waals surface area contributed by atoms with E-state index in [1.807, 2.05) is 0 Å². The maximum absolute atomic E-state index is 11.4. The number of methoxy groups -OCH3 is 1. The molecule has 0 radical (unpaired) electrons. The molecule has 0 amide bonds. The maximum Gasteiger partial charge on any atom is 0.330 e. The van der Waals surface area contributed by atoms with E-state index in [1.165, 1.54) is 25.5 Å². The van der Waals surface area contributed by atoms with Crippen molar-refractivity contribution in [3.63, 3.8) is 0 Å². The molecule has 2 nitrogen and oxygen atoms in total. The van der Waals surface area contributed by atoms with Gasteiger partial charge in [0, 0.05) is 6.08 Å². The number of hydrogen-bond donors (Lipinski definition) is 0. The minimum atomic E-state index is -0.276. The van der Waals surface area contributed by atoms with E-state index >= 15 is 0 Å². The van der Waals surface area contributed by atoms with E-state index in [2.05, 4.69) is 38.1 Å². The number of esters is 1. The summed E-state index contributed by atoms with van der Waals surface area (Å²) < 4.78 is 4.72. The summed E-state index contributed by atoms with van der Waals surface area (Å²) in [7, 11) is 1.41. The Hall–Kier alpha value is -1.57. The highest BCUT2D eigenvalue weighted by molar-refractivity contribution is 5.91. The molecule has 2 heteroatoms. The lowest BCUT2D eigenvalue weighted by molar-refractivity contribution is -0.134. The average molecular weight is 246 g/mol. The lowest BCUT2D eigenvalue weighted by Gasteiger charge is -2.08. The summed E-state index contributed by atoms with van der Waals surface area (Å²) in [6, 6.07) is 8.27. The lowest BCUT2D eigenvalue weighted by atomic mass is 9.98. The molecule has 0 unspecified atom stereocenters. The molecule has 98 valence electrons. The van der Waals surface area contributed by atoms with Crippen LogP contribution in [-0.2, 0) is 9.53 Å². The molecule has 0 spiro atoms. The van der Waals surface area contributed by atoms with Crippen LogP contribution >= 0.6 is 0 Å². The molecule has 0 N–H and O–H groups in total. The smallest absolute Gasteiger partial charge is 0.330 e. The number of hydrogen-bond acceptors (Lipinski definition) is 2. The van der Waals surface area contributed by atoms with Crippen molar-refractivity contribution in [1.82, 2.24) is 0 Å². The SMILES string of the molecule is CCCCC/C(=C\C(=O)OC)c1ccc(C)cc1. The van der Waals surface area contributed by atoms with Gasteiger partial charge in [0.1, 0.15) is 0 Å². The van der Waals surface area contributed by atoms with Crippen molar-refractivity contribution in [3.05, 3.63) is 41.5 Å². The van der Waals surface area contributed by atoms with Gasteiger partial charge < -0.3 is 4.74 Å². The van der Waals surface area contributed by atoms with Gasteiger partial charge in [0.25, 0.3) is 0 Å². The van der Waals surface area contributed by atoms with E-state index in [0.29, 0.717) is 0 Å². The number of benzene rings is 1. The Labute approximate surface area is 110 Å². The molecule has 0 saturated carbocycles. The van der Waals surface area contributed by atoms with Crippen LogP contribution in [0.2, 0.25) is 0 Å². The molecule has 0 heterocycles. The summed E-state index contributed by atoms with van der Waals surface area (Å²) in [5.41, 5.74) is 3.40. The normalized spacial score (nSPS) is 11.4. The van der Waals surface area contributed by atoms with Crippen LogP contribution in [0.15, 0.2) is 30.3 Å². The third kappa shape index (κ3) is 4.74. The predicted molar refractivity (Wildman–Crippen MR) is 75.3 cm³/mol. The molecule has 0 fully saturated rings. The third-order valence-corrected chi connectivity index (χ3v) is 2.97. The van der Waals surface area contributed by atoms with E-state index in [1.54, 1.807) is 6.08 Å². The fourth-order valence-corrected chi connectivity index (χ4v) is 1.83. The van der Waals surface area contributed by atoms with Crippen molar-refractivity contribution in [3.8, 4) is 0 Å². The topological polar surface area (TPSA) is 26.3 Å². The Morgan fingerprint density at radius 3 is 2.44 bits per heavy atom. The molecule has 0 aromatic heterocycles. The number of allylic oxidation sites excluding steroid dienone is 1. The highest BCUT2D eigenvalue weighted by atomic mass is 16.5. The quantitative estimate of drug-likeness (QED) is 0.428. The van der Waals surface area contributed by atoms with Crippen LogP contribution in [0.3, 0.4) is 0 Å². The number of rotatable bonds is 6. The molecule has 0 atom stereocenters. The second-order valence-electron chi connectivity index (χ2n) is 4.52. The van der Waals surface area contributed by atoms with E-state index < -0.39 is 0 Å². The van der Waals surface area contributed by atoms with Gasteiger partial charge >= 0.3 is 5.97 Å². The van der Waals surface area contributed by atoms with Gasteiger partial charge in [-0.15, -0.1) is 0 Å². The Balaban J connectivity index is 2.85. The number of ether oxygens (including phenoxy) is 1. The van der Waals surface area contributed by atoms with E-state index in [9.17, 15) is 4.79 Å². The molecular formula is C16H22O2. The Kier molecular flexibility index (Phi) is 6.20. The molecule has 0 aliphatic heterocycles. The summed E-state index contributed by atoms with van der Waals surface area (Å²) in [4.78, 5) is 11.4. The molecule has 0 bridgehead atoms. The minimum absolute atomic E-state index is 0.276. The molecule has 18 heavy (non-hydrogen) atoms. The second-order valence-corrected chi connectivity index (χ2v) is 4.52. The largest absolute Gasteiger partial charge is 0.466 e. The first-order valence-electron chi connectivity index (χ1n) is 6.53. The van der Waals surface area contributed by atoms with Crippen molar-refractivity contribution in [2.24, 2.45) is 0 Å². The molecule has 1 rings (SSSR count). The van der Waals surface area contributed by atoms with Crippen LogP contribution in [0, 0.1) is 6.92 Å². The van der Waals surface area contributed by atoms with Gasteiger partial charge in [-0.05, 0) is 30.9 Å². The standard InChI is InChI=1S/C16H22O2/c1-4-5-6-7-15(12-16(17)18-3)14-10-8-13(2)9-11-14/h8-12H,4-7H2,1-3H3/b15-12+. The zero-order chi connectivity index (χ0) is 13.4. The van der Waals surface area contributed by atoms with Crippen LogP contribution in [0.5, 0.6) is 0 Å². The summed E-state index contributed by atoms with van der Waals surface area (Å²) in [6.07, 6.45) is 6.00. The first kappa shape index (κ1) is 14.5. The summed E-state index contributed by atoms with van der Waals surface area (Å²) in [5, 5.41) is 0. The molecule has 0 aliphatic rings. The zero-order valence-corrected chi connectivity index (χ0v) is 11.5. The summed E-state index contributed by atoms with van der Waals surface area (Å²) in [6.45, 7) is 4.24. The Morgan fingerprint density at radius 1 is 1.22 bits per heavy atom. The summed E-state index contributed by atoms with van der Waals surface area (Å²) in [5.74, 6) is -0.276. The van der Waals surface area contributed by atoms with Crippen LogP contribution in [-0.4, -0.2) is 13.1 Å². The van der Waals surface area contributed by atoms with Gasteiger partial charge in [0.15, 0.2) is 0 Å². The Morgan fingerprint density at radius 2 is 1.89 bits per heavy atom. The molecule has 1 aromatic carbocycles. The van der Waals surface area contributed by atoms with Gasteiger partial charge in [-0.2, -0.15) is 0 Å². The highest BCUT2D eigenvalue weighted by Gasteiger charge is 2.05. The average Bonchev–Trinajstić information content (AvgIpc) is 2.38.